The van der Waals surface area contributed by atoms with Gasteiger partial charge in [0.2, 0.25) is 0 Å². The monoisotopic (exact) mass is 584 g/mol. The number of allylic oxidation sites excluding steroid dienone is 1. The van der Waals surface area contributed by atoms with Crippen molar-refractivity contribution in [1.82, 2.24) is 5.16 Å². The molecule has 39 heavy (non-hydrogen) atoms. The van der Waals surface area contributed by atoms with Crippen LogP contribution in [-0.2, 0) is 16.1 Å². The van der Waals surface area contributed by atoms with Gasteiger partial charge in [-0.3, -0.25) is 4.99 Å². The van der Waals surface area contributed by atoms with E-state index in [-0.39, 0.29) is 18.5 Å². The molecular weight excluding hydrogens is 559 g/mol. The fraction of sp³-hybridized carbons (Fsp3) is 0.367. The second-order valence-corrected chi connectivity index (χ2v) is 11.7. The zero-order valence-corrected chi connectivity index (χ0v) is 23.8. The molecule has 202 valence electrons. The first kappa shape index (κ1) is 26.4. The van der Waals surface area contributed by atoms with Crippen molar-refractivity contribution < 1.29 is 18.8 Å². The summed E-state index contributed by atoms with van der Waals surface area (Å²) in [5.41, 5.74) is 4.35. The maximum absolute atomic E-state index is 11.9. The smallest absolute Gasteiger partial charge is 0.331 e. The highest BCUT2D eigenvalue weighted by Gasteiger charge is 2.43. The average molecular weight is 586 g/mol. The quantitative estimate of drug-likeness (QED) is 0.250. The predicted molar refractivity (Wildman–Crippen MR) is 152 cm³/mol. The van der Waals surface area contributed by atoms with E-state index in [2.05, 4.69) is 16.2 Å². The summed E-state index contributed by atoms with van der Waals surface area (Å²) in [4.78, 5) is 16.4. The molecule has 2 fully saturated rings. The van der Waals surface area contributed by atoms with Crippen LogP contribution >= 0.6 is 34.8 Å². The number of dihydropyridines is 1. The van der Waals surface area contributed by atoms with Crippen LogP contribution in [0.25, 0.3) is 11.3 Å². The number of carbonyl (C=O) groups is 1. The number of esters is 1. The van der Waals surface area contributed by atoms with E-state index < -0.39 is 6.04 Å². The van der Waals surface area contributed by atoms with Crippen molar-refractivity contribution in [2.24, 2.45) is 16.8 Å². The Morgan fingerprint density at radius 2 is 1.85 bits per heavy atom. The number of aromatic nitrogens is 1. The molecule has 6 rings (SSSR count). The molecule has 3 aromatic rings. The summed E-state index contributed by atoms with van der Waals surface area (Å²) < 4.78 is 16.8. The number of hydrogen-bond donors (Lipinski definition) is 0. The molecule has 3 aliphatic rings. The Morgan fingerprint density at radius 3 is 2.51 bits per heavy atom. The Kier molecular flexibility index (Phi) is 7.21. The summed E-state index contributed by atoms with van der Waals surface area (Å²) in [6, 6.07) is 10.7. The van der Waals surface area contributed by atoms with Gasteiger partial charge in [0.05, 0.1) is 22.7 Å². The number of nitrogens with zero attached hydrogens (tertiary/aromatic N) is 2. The summed E-state index contributed by atoms with van der Waals surface area (Å²) >= 11 is 19.7. The van der Waals surface area contributed by atoms with Gasteiger partial charge in [-0.1, -0.05) is 65.1 Å². The zero-order valence-electron chi connectivity index (χ0n) is 21.5. The number of aliphatic imine (C=N–C) groups is 1. The number of hydrogen-bond acceptors (Lipinski definition) is 6. The van der Waals surface area contributed by atoms with Crippen LogP contribution in [-0.4, -0.2) is 30.5 Å². The Labute approximate surface area is 241 Å². The number of carbonyl (C=O) groups excluding carboxylic acids is 1. The van der Waals surface area contributed by atoms with Crippen molar-refractivity contribution in [3.05, 3.63) is 80.0 Å². The maximum atomic E-state index is 11.9. The van der Waals surface area contributed by atoms with E-state index in [0.29, 0.717) is 49.8 Å². The van der Waals surface area contributed by atoms with E-state index in [1.54, 1.807) is 18.2 Å². The largest absolute Gasteiger partial charge is 0.489 e. The standard InChI is InChI=1S/C30H27Cl3N2O4/c1-15-10-17(13-34-27(15)30(36)37-2)20-12-21(20)19-9-8-18(11-25(19)33)38-14-22-28(35-39-29(22)16-6-7-16)26-23(31)4-3-5-24(26)32/h3-5,8-11,13,15-16,20-21,27H,6-7,12,14H2,1-2H3. The van der Waals surface area contributed by atoms with E-state index in [9.17, 15) is 4.79 Å². The first-order chi connectivity index (χ1) is 18.9. The molecule has 1 aromatic heterocycles. The molecule has 2 heterocycles. The molecular formula is C30H27Cl3N2O4. The first-order valence-electron chi connectivity index (χ1n) is 13.0. The van der Waals surface area contributed by atoms with Gasteiger partial charge in [-0.25, -0.2) is 4.79 Å². The van der Waals surface area contributed by atoms with Crippen molar-refractivity contribution >= 4 is 47.0 Å². The number of rotatable bonds is 8. The minimum Gasteiger partial charge on any atom is -0.489 e. The third-order valence-corrected chi connectivity index (χ3v) is 8.68. The van der Waals surface area contributed by atoms with Crippen molar-refractivity contribution in [1.29, 1.82) is 0 Å². The lowest BCUT2D eigenvalue weighted by Gasteiger charge is -2.20. The lowest BCUT2D eigenvalue weighted by Crippen LogP contribution is -2.29. The fourth-order valence-corrected chi connectivity index (χ4v) is 6.25. The molecule has 6 nitrogen and oxygen atoms in total. The fourth-order valence-electron chi connectivity index (χ4n) is 5.36. The van der Waals surface area contributed by atoms with E-state index in [4.69, 9.17) is 48.8 Å². The summed E-state index contributed by atoms with van der Waals surface area (Å²) in [5, 5.41) is 6.02. The zero-order chi connectivity index (χ0) is 27.3. The van der Waals surface area contributed by atoms with Crippen LogP contribution in [0.15, 0.2) is 57.6 Å². The second kappa shape index (κ2) is 10.6. The van der Waals surface area contributed by atoms with Crippen LogP contribution in [0.3, 0.4) is 0 Å². The van der Waals surface area contributed by atoms with Crippen molar-refractivity contribution in [3.8, 4) is 17.0 Å². The number of methoxy groups -OCH3 is 1. The normalized spacial score (nSPS) is 23.9. The van der Waals surface area contributed by atoms with E-state index >= 15 is 0 Å². The van der Waals surface area contributed by atoms with E-state index in [1.807, 2.05) is 31.3 Å². The Balaban J connectivity index is 1.17. The van der Waals surface area contributed by atoms with Crippen molar-refractivity contribution in [3.63, 3.8) is 0 Å². The number of halogens is 3. The van der Waals surface area contributed by atoms with Gasteiger partial charge in [-0.15, -0.1) is 0 Å². The minimum absolute atomic E-state index is 0.00608. The van der Waals surface area contributed by atoms with Gasteiger partial charge < -0.3 is 14.0 Å². The summed E-state index contributed by atoms with van der Waals surface area (Å²) in [7, 11) is 1.39. The highest BCUT2D eigenvalue weighted by molar-refractivity contribution is 6.39. The molecule has 4 atom stereocenters. The van der Waals surface area contributed by atoms with E-state index in [0.717, 1.165) is 41.7 Å². The second-order valence-electron chi connectivity index (χ2n) is 10.4. The van der Waals surface area contributed by atoms with Gasteiger partial charge in [-0.2, -0.15) is 0 Å². The highest BCUT2D eigenvalue weighted by Crippen LogP contribution is 2.54. The molecule has 9 heteroatoms. The maximum Gasteiger partial charge on any atom is 0.331 e. The Morgan fingerprint density at radius 1 is 1.08 bits per heavy atom. The van der Waals surface area contributed by atoms with Gasteiger partial charge in [0, 0.05) is 28.6 Å². The average Bonchev–Trinajstić information content (AvgIpc) is 3.85. The lowest BCUT2D eigenvalue weighted by molar-refractivity contribution is -0.142. The van der Waals surface area contributed by atoms with E-state index in [1.165, 1.54) is 7.11 Å². The number of benzene rings is 2. The van der Waals surface area contributed by atoms with Gasteiger partial charge in [0.15, 0.2) is 6.04 Å². The molecule has 0 bridgehead atoms. The molecule has 4 unspecified atom stereocenters. The minimum atomic E-state index is -0.476. The molecule has 0 amide bonds. The molecule has 2 saturated carbocycles. The van der Waals surface area contributed by atoms with Crippen molar-refractivity contribution in [2.45, 2.75) is 50.7 Å². The van der Waals surface area contributed by atoms with Gasteiger partial charge in [-0.05, 0) is 66.5 Å². The molecule has 0 spiro atoms. The van der Waals surface area contributed by atoms with Gasteiger partial charge >= 0.3 is 5.97 Å². The van der Waals surface area contributed by atoms with Crippen LogP contribution in [0.5, 0.6) is 5.75 Å². The van der Waals surface area contributed by atoms with Crippen LogP contribution in [0.4, 0.5) is 0 Å². The third kappa shape index (κ3) is 5.22. The Hall–Kier alpha value is -2.80. The SMILES string of the molecule is COC(=O)C1N=CC(C2CC2c2ccc(OCc3c(-c4c(Cl)cccc4Cl)noc3C3CC3)cc2Cl)=CC1C. The first-order valence-corrected chi connectivity index (χ1v) is 14.2. The third-order valence-electron chi connectivity index (χ3n) is 7.72. The Bertz CT molecular complexity index is 1470. The topological polar surface area (TPSA) is 73.9 Å². The highest BCUT2D eigenvalue weighted by atomic mass is 35.5. The summed E-state index contributed by atoms with van der Waals surface area (Å²) in [6.45, 7) is 2.25. The van der Waals surface area contributed by atoms with Crippen LogP contribution in [0.1, 0.15) is 54.9 Å². The molecule has 0 saturated heterocycles. The molecule has 1 aliphatic heterocycles. The van der Waals surface area contributed by atoms with Gasteiger partial charge in [0.25, 0.3) is 0 Å². The molecule has 2 aromatic carbocycles. The van der Waals surface area contributed by atoms with Crippen LogP contribution in [0, 0.1) is 11.8 Å². The van der Waals surface area contributed by atoms with Crippen molar-refractivity contribution in [2.75, 3.05) is 7.11 Å². The molecule has 0 N–H and O–H groups in total. The lowest BCUT2D eigenvalue weighted by atomic mass is 9.94. The summed E-state index contributed by atoms with van der Waals surface area (Å²) in [5.74, 6) is 2.15. The van der Waals surface area contributed by atoms with Gasteiger partial charge in [0.1, 0.15) is 23.8 Å². The molecule has 0 radical (unpaired) electrons. The predicted octanol–water partition coefficient (Wildman–Crippen LogP) is 8.05. The number of ether oxygens (including phenoxy) is 2. The molecule has 2 aliphatic carbocycles. The van der Waals surface area contributed by atoms with Crippen LogP contribution < -0.4 is 4.74 Å². The van der Waals surface area contributed by atoms with Crippen LogP contribution in [0.2, 0.25) is 15.1 Å². The summed E-state index contributed by atoms with van der Waals surface area (Å²) in [6.07, 6.45) is 7.05.